The molecule has 3 nitrogen and oxygen atoms in total. The Morgan fingerprint density at radius 2 is 2.31 bits per heavy atom. The van der Waals surface area contributed by atoms with Crippen molar-refractivity contribution in [2.45, 2.75) is 25.8 Å². The maximum absolute atomic E-state index is 4.69. The van der Waals surface area contributed by atoms with Crippen molar-refractivity contribution < 1.29 is 0 Å². The van der Waals surface area contributed by atoms with Crippen molar-refractivity contribution in [3.63, 3.8) is 0 Å². The average molecular weight is 215 g/mol. The lowest BCUT2D eigenvalue weighted by Gasteiger charge is -2.16. The smallest absolute Gasteiger partial charge is 0.124 e. The lowest BCUT2D eigenvalue weighted by atomic mass is 10.2. The van der Waals surface area contributed by atoms with E-state index in [4.69, 9.17) is 0 Å². The standard InChI is InChI=1S/C13H17N3/c1-9-5-6-10-11(8-9)15-13(14-10)12-4-3-7-16(12)2/h5-6,8,12H,3-4,7H2,1-2H3,(H,14,15). The van der Waals surface area contributed by atoms with E-state index in [0.29, 0.717) is 6.04 Å². The van der Waals surface area contributed by atoms with Gasteiger partial charge in [0.05, 0.1) is 17.1 Å². The fraction of sp³-hybridized carbons (Fsp3) is 0.462. The fourth-order valence-electron chi connectivity index (χ4n) is 2.56. The minimum Gasteiger partial charge on any atom is -0.341 e. The molecule has 2 aromatic rings. The maximum Gasteiger partial charge on any atom is 0.124 e. The van der Waals surface area contributed by atoms with Gasteiger partial charge in [-0.05, 0) is 51.1 Å². The van der Waals surface area contributed by atoms with Crippen LogP contribution in [-0.2, 0) is 0 Å². The summed E-state index contributed by atoms with van der Waals surface area (Å²) in [6, 6.07) is 6.86. The summed E-state index contributed by atoms with van der Waals surface area (Å²) in [4.78, 5) is 10.5. The minimum atomic E-state index is 0.479. The molecule has 0 bridgehead atoms. The number of nitrogens with zero attached hydrogens (tertiary/aromatic N) is 2. The highest BCUT2D eigenvalue weighted by Crippen LogP contribution is 2.29. The van der Waals surface area contributed by atoms with Crippen LogP contribution >= 0.6 is 0 Å². The fourth-order valence-corrected chi connectivity index (χ4v) is 2.56. The first-order valence-electron chi connectivity index (χ1n) is 5.90. The van der Waals surface area contributed by atoms with Gasteiger partial charge in [-0.3, -0.25) is 4.90 Å². The number of likely N-dealkylation sites (tertiary alicyclic amines) is 1. The van der Waals surface area contributed by atoms with Crippen LogP contribution in [0.5, 0.6) is 0 Å². The third-order valence-corrected chi connectivity index (χ3v) is 3.49. The highest BCUT2D eigenvalue weighted by molar-refractivity contribution is 5.75. The van der Waals surface area contributed by atoms with Crippen LogP contribution in [0.3, 0.4) is 0 Å². The first-order valence-corrected chi connectivity index (χ1v) is 5.90. The van der Waals surface area contributed by atoms with Crippen LogP contribution in [0.1, 0.15) is 30.3 Å². The monoisotopic (exact) mass is 215 g/mol. The van der Waals surface area contributed by atoms with E-state index in [1.165, 1.54) is 24.9 Å². The maximum atomic E-state index is 4.69. The molecular formula is C13H17N3. The molecule has 1 aliphatic heterocycles. The molecule has 16 heavy (non-hydrogen) atoms. The summed E-state index contributed by atoms with van der Waals surface area (Å²) >= 11 is 0. The van der Waals surface area contributed by atoms with Crippen molar-refractivity contribution in [3.05, 3.63) is 29.6 Å². The normalized spacial score (nSPS) is 22.0. The Kier molecular flexibility index (Phi) is 2.21. The van der Waals surface area contributed by atoms with Gasteiger partial charge in [0, 0.05) is 0 Å². The van der Waals surface area contributed by atoms with Crippen molar-refractivity contribution in [2.75, 3.05) is 13.6 Å². The number of benzene rings is 1. The Balaban J connectivity index is 2.04. The number of hydrogen-bond donors (Lipinski definition) is 1. The molecule has 1 atom stereocenters. The van der Waals surface area contributed by atoms with Crippen LogP contribution in [0.2, 0.25) is 0 Å². The van der Waals surface area contributed by atoms with Crippen molar-refractivity contribution >= 4 is 11.0 Å². The summed E-state index contributed by atoms with van der Waals surface area (Å²) in [6.45, 7) is 3.29. The van der Waals surface area contributed by atoms with E-state index in [0.717, 1.165) is 16.9 Å². The molecule has 0 radical (unpaired) electrons. The Bertz CT molecular complexity index is 515. The van der Waals surface area contributed by atoms with Crippen molar-refractivity contribution in [2.24, 2.45) is 0 Å². The van der Waals surface area contributed by atoms with Crippen LogP contribution in [-0.4, -0.2) is 28.5 Å². The summed E-state index contributed by atoms with van der Waals surface area (Å²) in [6.07, 6.45) is 2.49. The lowest BCUT2D eigenvalue weighted by Crippen LogP contribution is -2.18. The molecule has 1 fully saturated rings. The Morgan fingerprint density at radius 3 is 3.06 bits per heavy atom. The third kappa shape index (κ3) is 1.52. The minimum absolute atomic E-state index is 0.479. The second-order valence-electron chi connectivity index (χ2n) is 4.78. The van der Waals surface area contributed by atoms with Gasteiger partial charge in [0.2, 0.25) is 0 Å². The quantitative estimate of drug-likeness (QED) is 0.793. The average Bonchev–Trinajstić information content (AvgIpc) is 2.82. The van der Waals surface area contributed by atoms with Crippen molar-refractivity contribution in [1.29, 1.82) is 0 Å². The van der Waals surface area contributed by atoms with Crippen LogP contribution in [0.25, 0.3) is 11.0 Å². The molecule has 0 spiro atoms. The Hall–Kier alpha value is -1.35. The number of hydrogen-bond acceptors (Lipinski definition) is 2. The van der Waals surface area contributed by atoms with E-state index in [1.54, 1.807) is 0 Å². The molecular weight excluding hydrogens is 198 g/mol. The predicted molar refractivity (Wildman–Crippen MR) is 65.4 cm³/mol. The third-order valence-electron chi connectivity index (χ3n) is 3.49. The number of imidazole rings is 1. The highest BCUT2D eigenvalue weighted by Gasteiger charge is 2.25. The SMILES string of the molecule is Cc1ccc2nc(C3CCCN3C)[nH]c2c1. The second-order valence-corrected chi connectivity index (χ2v) is 4.78. The van der Waals surface area contributed by atoms with Gasteiger partial charge < -0.3 is 4.98 Å². The largest absolute Gasteiger partial charge is 0.341 e. The van der Waals surface area contributed by atoms with Gasteiger partial charge in [0.25, 0.3) is 0 Å². The Labute approximate surface area is 95.5 Å². The summed E-state index contributed by atoms with van der Waals surface area (Å²) in [5.74, 6) is 1.13. The van der Waals surface area contributed by atoms with Crippen molar-refractivity contribution in [3.8, 4) is 0 Å². The van der Waals surface area contributed by atoms with Gasteiger partial charge >= 0.3 is 0 Å². The number of H-pyrrole nitrogens is 1. The van der Waals surface area contributed by atoms with Gasteiger partial charge in [-0.2, -0.15) is 0 Å². The Morgan fingerprint density at radius 1 is 1.44 bits per heavy atom. The van der Waals surface area contributed by atoms with Crippen LogP contribution in [0.4, 0.5) is 0 Å². The van der Waals surface area contributed by atoms with E-state index in [-0.39, 0.29) is 0 Å². The summed E-state index contributed by atoms with van der Waals surface area (Å²) in [7, 11) is 2.18. The molecule has 1 saturated heterocycles. The van der Waals surface area contributed by atoms with E-state index in [9.17, 15) is 0 Å². The van der Waals surface area contributed by atoms with E-state index in [1.807, 2.05) is 0 Å². The number of aryl methyl sites for hydroxylation is 1. The molecule has 1 aromatic carbocycles. The second kappa shape index (κ2) is 3.59. The first kappa shape index (κ1) is 9.85. The summed E-state index contributed by atoms with van der Waals surface area (Å²) < 4.78 is 0. The topological polar surface area (TPSA) is 31.9 Å². The van der Waals surface area contributed by atoms with Gasteiger partial charge in [-0.15, -0.1) is 0 Å². The van der Waals surface area contributed by atoms with Gasteiger partial charge in [-0.25, -0.2) is 4.98 Å². The summed E-state index contributed by atoms with van der Waals surface area (Å²) in [5.41, 5.74) is 3.53. The summed E-state index contributed by atoms with van der Waals surface area (Å²) in [5, 5.41) is 0. The van der Waals surface area contributed by atoms with Crippen LogP contribution in [0.15, 0.2) is 18.2 Å². The van der Waals surface area contributed by atoms with Crippen LogP contribution in [0, 0.1) is 6.92 Å². The van der Waals surface area contributed by atoms with Crippen LogP contribution < -0.4 is 0 Å². The molecule has 3 heteroatoms. The zero-order valence-electron chi connectivity index (χ0n) is 9.83. The number of fused-ring (bicyclic) bond motifs is 1. The van der Waals surface area contributed by atoms with Crippen molar-refractivity contribution in [1.82, 2.24) is 14.9 Å². The zero-order valence-corrected chi connectivity index (χ0v) is 9.83. The molecule has 0 saturated carbocycles. The molecule has 0 aliphatic carbocycles. The molecule has 84 valence electrons. The predicted octanol–water partition coefficient (Wildman–Crippen LogP) is 2.64. The molecule has 3 rings (SSSR count). The molecule has 1 unspecified atom stereocenters. The van der Waals surface area contributed by atoms with Gasteiger partial charge in [0.1, 0.15) is 5.82 Å². The number of rotatable bonds is 1. The van der Waals surface area contributed by atoms with Gasteiger partial charge in [0.15, 0.2) is 0 Å². The zero-order chi connectivity index (χ0) is 11.1. The number of aromatic nitrogens is 2. The first-order chi connectivity index (χ1) is 7.74. The number of aromatic amines is 1. The molecule has 2 heterocycles. The highest BCUT2D eigenvalue weighted by atomic mass is 15.2. The number of nitrogens with one attached hydrogen (secondary N) is 1. The van der Waals surface area contributed by atoms with Gasteiger partial charge in [-0.1, -0.05) is 6.07 Å². The molecule has 1 aromatic heterocycles. The lowest BCUT2D eigenvalue weighted by molar-refractivity contribution is 0.307. The molecule has 0 amide bonds. The van der Waals surface area contributed by atoms with E-state index in [2.05, 4.69) is 47.0 Å². The van der Waals surface area contributed by atoms with E-state index < -0.39 is 0 Å². The molecule has 1 N–H and O–H groups in total. The molecule has 1 aliphatic rings. The van der Waals surface area contributed by atoms with E-state index >= 15 is 0 Å².